The van der Waals surface area contributed by atoms with Crippen molar-refractivity contribution in [1.82, 2.24) is 4.31 Å². The quantitative estimate of drug-likeness (QED) is 0.475. The number of sulfonamides is 1. The first-order valence-electron chi connectivity index (χ1n) is 10.6. The van der Waals surface area contributed by atoms with Crippen LogP contribution in [-0.4, -0.2) is 51.5 Å². The third-order valence-electron chi connectivity index (χ3n) is 5.06. The summed E-state index contributed by atoms with van der Waals surface area (Å²) >= 11 is 5.85. The summed E-state index contributed by atoms with van der Waals surface area (Å²) in [7, 11) is -3.82. The van der Waals surface area contributed by atoms with Crippen LogP contribution in [0.25, 0.3) is 0 Å². The maximum absolute atomic E-state index is 13.3. The Hall–Kier alpha value is -3.18. The molecule has 0 spiro atoms. The van der Waals surface area contributed by atoms with Gasteiger partial charge in [0.1, 0.15) is 17.3 Å². The lowest BCUT2D eigenvalue weighted by Crippen LogP contribution is -2.40. The maximum atomic E-state index is 13.3. The molecule has 11 heteroatoms. The van der Waals surface area contributed by atoms with Crippen molar-refractivity contribution >= 4 is 33.2 Å². The molecule has 1 aliphatic heterocycles. The Bertz CT molecular complexity index is 1280. The fraction of sp³-hybridized carbons (Fsp3) is 0.208. The molecule has 0 radical (unpaired) electrons. The predicted octanol–water partition coefficient (Wildman–Crippen LogP) is 4.31. The van der Waals surface area contributed by atoms with Gasteiger partial charge in [-0.15, -0.1) is 0 Å². The Morgan fingerprint density at radius 3 is 2.34 bits per heavy atom. The van der Waals surface area contributed by atoms with Crippen molar-refractivity contribution in [2.24, 2.45) is 0 Å². The Labute approximate surface area is 207 Å². The monoisotopic (exact) mass is 520 g/mol. The summed E-state index contributed by atoms with van der Waals surface area (Å²) in [5.41, 5.74) is 0.119. The smallest absolute Gasteiger partial charge is 0.262 e. The van der Waals surface area contributed by atoms with Crippen molar-refractivity contribution in [3.05, 3.63) is 77.6 Å². The molecule has 1 aliphatic rings. The SMILES string of the molecule is O=C(COc1ccc(Cl)cc1)Nc1cc(S(=O)(=O)N2CCOCC2)ccc1Oc1ccc(F)cc1. The zero-order chi connectivity index (χ0) is 24.8. The lowest BCUT2D eigenvalue weighted by molar-refractivity contribution is -0.118. The number of carbonyl (C=O) groups excluding carboxylic acids is 1. The topological polar surface area (TPSA) is 94.2 Å². The molecular weight excluding hydrogens is 499 g/mol. The number of nitrogens with one attached hydrogen (secondary N) is 1. The van der Waals surface area contributed by atoms with Crippen LogP contribution in [0.15, 0.2) is 71.6 Å². The standard InChI is InChI=1S/C24H22ClFN2O6S/c25-17-1-5-19(6-2-17)33-16-24(29)27-22-15-21(35(30,31)28-11-13-32-14-12-28)9-10-23(22)34-20-7-3-18(26)4-8-20/h1-10,15H,11-14,16H2,(H,27,29). The molecule has 184 valence electrons. The number of rotatable bonds is 8. The summed E-state index contributed by atoms with van der Waals surface area (Å²) in [5.74, 6) is -0.0431. The van der Waals surface area contributed by atoms with Gasteiger partial charge in [-0.3, -0.25) is 4.79 Å². The summed E-state index contributed by atoms with van der Waals surface area (Å²) in [4.78, 5) is 12.6. The average Bonchev–Trinajstić information content (AvgIpc) is 2.86. The zero-order valence-corrected chi connectivity index (χ0v) is 20.0. The number of benzene rings is 3. The number of halogens is 2. The van der Waals surface area contributed by atoms with Gasteiger partial charge >= 0.3 is 0 Å². The van der Waals surface area contributed by atoms with Crippen LogP contribution in [0.3, 0.4) is 0 Å². The molecule has 1 fully saturated rings. The summed E-state index contributed by atoms with van der Waals surface area (Å²) in [6, 6.07) is 15.9. The van der Waals surface area contributed by atoms with Crippen LogP contribution in [-0.2, 0) is 19.6 Å². The highest BCUT2D eigenvalue weighted by atomic mass is 35.5. The number of anilines is 1. The molecule has 1 N–H and O–H groups in total. The Morgan fingerprint density at radius 2 is 1.66 bits per heavy atom. The van der Waals surface area contributed by atoms with E-state index in [4.69, 9.17) is 25.8 Å². The van der Waals surface area contributed by atoms with Crippen molar-refractivity contribution in [3.8, 4) is 17.2 Å². The average molecular weight is 521 g/mol. The van der Waals surface area contributed by atoms with Gasteiger partial charge in [-0.1, -0.05) is 11.6 Å². The second-order valence-corrected chi connectivity index (χ2v) is 9.90. The minimum atomic E-state index is -3.82. The van der Waals surface area contributed by atoms with Crippen LogP contribution in [0.2, 0.25) is 5.02 Å². The molecule has 1 heterocycles. The van der Waals surface area contributed by atoms with Crippen LogP contribution < -0.4 is 14.8 Å². The normalized spacial score (nSPS) is 14.3. The van der Waals surface area contributed by atoms with Gasteiger partial charge in [0.25, 0.3) is 5.91 Å². The van der Waals surface area contributed by atoms with E-state index in [9.17, 15) is 17.6 Å². The number of amides is 1. The minimum absolute atomic E-state index is 0.0141. The van der Waals surface area contributed by atoms with E-state index in [2.05, 4.69) is 5.32 Å². The van der Waals surface area contributed by atoms with Crippen molar-refractivity contribution in [2.75, 3.05) is 38.2 Å². The number of morpholine rings is 1. The Kier molecular flexibility index (Phi) is 7.86. The Balaban J connectivity index is 1.57. The summed E-state index contributed by atoms with van der Waals surface area (Å²) in [6.07, 6.45) is 0. The van der Waals surface area contributed by atoms with E-state index < -0.39 is 21.7 Å². The van der Waals surface area contributed by atoms with Gasteiger partial charge in [-0.25, -0.2) is 12.8 Å². The molecule has 1 saturated heterocycles. The first kappa shape index (κ1) is 24.9. The molecule has 35 heavy (non-hydrogen) atoms. The van der Waals surface area contributed by atoms with Crippen LogP contribution in [0.4, 0.5) is 10.1 Å². The molecule has 0 aromatic heterocycles. The van der Waals surface area contributed by atoms with Crippen molar-refractivity contribution in [1.29, 1.82) is 0 Å². The summed E-state index contributed by atoms with van der Waals surface area (Å²) < 4.78 is 57.3. The lowest BCUT2D eigenvalue weighted by atomic mass is 10.2. The van der Waals surface area contributed by atoms with Crippen molar-refractivity contribution in [2.45, 2.75) is 4.90 Å². The fourth-order valence-electron chi connectivity index (χ4n) is 3.29. The van der Waals surface area contributed by atoms with Gasteiger partial charge in [0.05, 0.1) is 23.8 Å². The third-order valence-corrected chi connectivity index (χ3v) is 7.20. The molecule has 8 nitrogen and oxygen atoms in total. The second kappa shape index (κ2) is 11.0. The molecule has 1 amide bonds. The van der Waals surface area contributed by atoms with Crippen LogP contribution in [0.1, 0.15) is 0 Å². The van der Waals surface area contributed by atoms with Gasteiger partial charge in [-0.2, -0.15) is 4.31 Å². The summed E-state index contributed by atoms with van der Waals surface area (Å²) in [5, 5.41) is 3.17. The van der Waals surface area contributed by atoms with Crippen molar-refractivity contribution in [3.63, 3.8) is 0 Å². The molecule has 0 aliphatic carbocycles. The molecule has 0 saturated carbocycles. The van der Waals surface area contributed by atoms with Crippen LogP contribution >= 0.6 is 11.6 Å². The highest BCUT2D eigenvalue weighted by Crippen LogP contribution is 2.33. The second-order valence-electron chi connectivity index (χ2n) is 7.52. The molecular formula is C24H22ClFN2O6S. The van der Waals surface area contributed by atoms with Gasteiger partial charge in [0.15, 0.2) is 12.4 Å². The number of hydrogen-bond donors (Lipinski definition) is 1. The van der Waals surface area contributed by atoms with E-state index in [1.54, 1.807) is 24.3 Å². The lowest BCUT2D eigenvalue weighted by Gasteiger charge is -2.26. The van der Waals surface area contributed by atoms with Gasteiger partial charge in [-0.05, 0) is 66.7 Å². The largest absolute Gasteiger partial charge is 0.484 e. The number of nitrogens with zero attached hydrogens (tertiary/aromatic N) is 1. The van der Waals surface area contributed by atoms with Gasteiger partial charge in [0.2, 0.25) is 10.0 Å². The molecule has 0 atom stereocenters. The van der Waals surface area contributed by atoms with Crippen LogP contribution in [0.5, 0.6) is 17.2 Å². The predicted molar refractivity (Wildman–Crippen MR) is 128 cm³/mol. The Morgan fingerprint density at radius 1 is 1.00 bits per heavy atom. The van der Waals surface area contributed by atoms with E-state index in [1.807, 2.05) is 0 Å². The highest BCUT2D eigenvalue weighted by Gasteiger charge is 2.27. The third kappa shape index (κ3) is 6.49. The van der Waals surface area contributed by atoms with E-state index in [0.717, 1.165) is 0 Å². The summed E-state index contributed by atoms with van der Waals surface area (Å²) in [6.45, 7) is 0.727. The fourth-order valence-corrected chi connectivity index (χ4v) is 4.85. The zero-order valence-electron chi connectivity index (χ0n) is 18.4. The van der Waals surface area contributed by atoms with Crippen molar-refractivity contribution < 1.29 is 31.8 Å². The molecule has 0 unspecified atom stereocenters. The van der Waals surface area contributed by atoms with E-state index in [1.165, 1.54) is 46.8 Å². The van der Waals surface area contributed by atoms with Crippen LogP contribution in [0, 0.1) is 5.82 Å². The molecule has 3 aromatic carbocycles. The first-order chi connectivity index (χ1) is 16.8. The number of hydrogen-bond acceptors (Lipinski definition) is 6. The molecule has 3 aromatic rings. The number of carbonyl (C=O) groups is 1. The minimum Gasteiger partial charge on any atom is -0.484 e. The number of ether oxygens (including phenoxy) is 3. The van der Waals surface area contributed by atoms with Gasteiger partial charge < -0.3 is 19.5 Å². The molecule has 0 bridgehead atoms. The molecule has 4 rings (SSSR count). The van der Waals surface area contributed by atoms with E-state index in [-0.39, 0.29) is 36.0 Å². The maximum Gasteiger partial charge on any atom is 0.262 e. The van der Waals surface area contributed by atoms with E-state index >= 15 is 0 Å². The first-order valence-corrected chi connectivity index (χ1v) is 12.5. The highest BCUT2D eigenvalue weighted by molar-refractivity contribution is 7.89. The van der Waals surface area contributed by atoms with E-state index in [0.29, 0.717) is 29.7 Å². The van der Waals surface area contributed by atoms with Gasteiger partial charge in [0, 0.05) is 18.1 Å².